The summed E-state index contributed by atoms with van der Waals surface area (Å²) in [6.45, 7) is 2.28. The van der Waals surface area contributed by atoms with Gasteiger partial charge < -0.3 is 4.74 Å². The summed E-state index contributed by atoms with van der Waals surface area (Å²) in [6.07, 6.45) is 1.65. The van der Waals surface area contributed by atoms with Crippen LogP contribution in [0, 0.1) is 0 Å². The van der Waals surface area contributed by atoms with Gasteiger partial charge in [0.05, 0.1) is 22.8 Å². The highest BCUT2D eigenvalue weighted by Crippen LogP contribution is 2.34. The van der Waals surface area contributed by atoms with Crippen LogP contribution in [0.2, 0.25) is 5.02 Å². The van der Waals surface area contributed by atoms with Crippen LogP contribution in [0.3, 0.4) is 0 Å². The van der Waals surface area contributed by atoms with Gasteiger partial charge in [0.25, 0.3) is 0 Å². The highest BCUT2D eigenvalue weighted by atomic mass is 35.5. The van der Waals surface area contributed by atoms with Gasteiger partial charge in [0, 0.05) is 16.7 Å². The first-order valence-electron chi connectivity index (χ1n) is 7.74. The standard InChI is InChI=1S/C19H15ClO4/c1-2-3-10-24-19(23)14-9-8-13-15(16(14)20)18(22)12-7-5-4-6-11(12)17(13)21/h4-9H,2-3,10H2,1H3. The van der Waals surface area contributed by atoms with Gasteiger partial charge in [0.1, 0.15) is 0 Å². The van der Waals surface area contributed by atoms with Gasteiger partial charge in [-0.2, -0.15) is 0 Å². The van der Waals surface area contributed by atoms with Crippen LogP contribution in [-0.4, -0.2) is 24.1 Å². The number of hydrogen-bond acceptors (Lipinski definition) is 4. The summed E-state index contributed by atoms with van der Waals surface area (Å²) in [5.74, 6) is -1.21. The lowest BCUT2D eigenvalue weighted by atomic mass is 9.83. The van der Waals surface area contributed by atoms with Crippen molar-refractivity contribution in [3.8, 4) is 0 Å². The first-order valence-corrected chi connectivity index (χ1v) is 8.12. The molecule has 0 saturated carbocycles. The second-order valence-electron chi connectivity index (χ2n) is 5.54. The number of hydrogen-bond donors (Lipinski definition) is 0. The SMILES string of the molecule is CCCCOC(=O)c1ccc2c(c1Cl)C(=O)c1ccccc1C2=O. The summed E-state index contributed by atoms with van der Waals surface area (Å²) >= 11 is 6.29. The minimum Gasteiger partial charge on any atom is -0.462 e. The number of carbonyl (C=O) groups is 3. The number of unbranched alkanes of at least 4 members (excludes halogenated alkanes) is 1. The summed E-state index contributed by atoms with van der Waals surface area (Å²) in [7, 11) is 0. The molecule has 122 valence electrons. The van der Waals surface area contributed by atoms with Gasteiger partial charge in [-0.1, -0.05) is 49.2 Å². The highest BCUT2D eigenvalue weighted by Gasteiger charge is 2.33. The molecular formula is C19H15ClO4. The fourth-order valence-electron chi connectivity index (χ4n) is 2.69. The number of carbonyl (C=O) groups excluding carboxylic acids is 3. The van der Waals surface area contributed by atoms with Crippen LogP contribution in [0.5, 0.6) is 0 Å². The molecule has 0 aliphatic heterocycles. The molecule has 0 spiro atoms. The predicted octanol–water partition coefficient (Wildman–Crippen LogP) is 4.07. The molecule has 24 heavy (non-hydrogen) atoms. The quantitative estimate of drug-likeness (QED) is 0.529. The largest absolute Gasteiger partial charge is 0.462 e. The lowest BCUT2D eigenvalue weighted by Gasteiger charge is -2.19. The Hall–Kier alpha value is -2.46. The van der Waals surface area contributed by atoms with Crippen molar-refractivity contribution in [3.05, 3.63) is 69.2 Å². The third-order valence-electron chi connectivity index (χ3n) is 3.98. The van der Waals surface area contributed by atoms with E-state index in [1.54, 1.807) is 24.3 Å². The Kier molecular flexibility index (Phi) is 4.49. The van der Waals surface area contributed by atoms with Gasteiger partial charge in [0.2, 0.25) is 0 Å². The Morgan fingerprint density at radius 2 is 1.67 bits per heavy atom. The van der Waals surface area contributed by atoms with Gasteiger partial charge in [-0.3, -0.25) is 9.59 Å². The lowest BCUT2D eigenvalue weighted by Crippen LogP contribution is -2.22. The zero-order valence-corrected chi connectivity index (χ0v) is 13.9. The molecular weight excluding hydrogens is 328 g/mol. The molecule has 0 bridgehead atoms. The Morgan fingerprint density at radius 3 is 2.33 bits per heavy atom. The van der Waals surface area contributed by atoms with Crippen molar-refractivity contribution in [2.75, 3.05) is 6.61 Å². The van der Waals surface area contributed by atoms with E-state index in [2.05, 4.69) is 0 Å². The lowest BCUT2D eigenvalue weighted by molar-refractivity contribution is 0.0499. The van der Waals surface area contributed by atoms with E-state index in [-0.39, 0.29) is 33.3 Å². The molecule has 0 N–H and O–H groups in total. The second-order valence-corrected chi connectivity index (χ2v) is 5.92. The maximum Gasteiger partial charge on any atom is 0.339 e. The molecule has 1 aliphatic carbocycles. The second kappa shape index (κ2) is 6.57. The Bertz CT molecular complexity index is 854. The third-order valence-corrected chi connectivity index (χ3v) is 4.37. The number of rotatable bonds is 4. The van der Waals surface area contributed by atoms with E-state index in [4.69, 9.17) is 16.3 Å². The molecule has 4 nitrogen and oxygen atoms in total. The average Bonchev–Trinajstić information content (AvgIpc) is 2.59. The molecule has 0 unspecified atom stereocenters. The fourth-order valence-corrected chi connectivity index (χ4v) is 3.02. The molecule has 2 aromatic carbocycles. The van der Waals surface area contributed by atoms with Gasteiger partial charge in [-0.25, -0.2) is 4.79 Å². The van der Waals surface area contributed by atoms with Gasteiger partial charge >= 0.3 is 5.97 Å². The van der Waals surface area contributed by atoms with Crippen molar-refractivity contribution in [1.29, 1.82) is 0 Å². The van der Waals surface area contributed by atoms with Gasteiger partial charge in [0.15, 0.2) is 11.6 Å². The summed E-state index contributed by atoms with van der Waals surface area (Å²) in [4.78, 5) is 37.4. The molecule has 0 aromatic heterocycles. The van der Waals surface area contributed by atoms with Crippen LogP contribution in [0.1, 0.15) is 62.0 Å². The minimum absolute atomic E-state index is 0.0261. The molecule has 0 atom stereocenters. The topological polar surface area (TPSA) is 60.4 Å². The Labute approximate surface area is 144 Å². The maximum absolute atomic E-state index is 12.7. The van der Waals surface area contributed by atoms with Gasteiger partial charge in [-0.15, -0.1) is 0 Å². The van der Waals surface area contributed by atoms with Crippen molar-refractivity contribution >= 4 is 29.1 Å². The zero-order chi connectivity index (χ0) is 17.3. The molecule has 0 amide bonds. The zero-order valence-electron chi connectivity index (χ0n) is 13.1. The van der Waals surface area contributed by atoms with Crippen LogP contribution >= 0.6 is 11.6 Å². The number of ether oxygens (including phenoxy) is 1. The molecule has 3 rings (SSSR count). The predicted molar refractivity (Wildman–Crippen MR) is 89.9 cm³/mol. The van der Waals surface area contributed by atoms with Crippen molar-refractivity contribution in [3.63, 3.8) is 0 Å². The number of ketones is 2. The van der Waals surface area contributed by atoms with Gasteiger partial charge in [-0.05, 0) is 18.6 Å². The number of halogens is 1. The average molecular weight is 343 g/mol. The van der Waals surface area contributed by atoms with E-state index in [0.717, 1.165) is 12.8 Å². The van der Waals surface area contributed by atoms with Crippen LogP contribution in [0.25, 0.3) is 0 Å². The maximum atomic E-state index is 12.7. The van der Waals surface area contributed by atoms with Crippen molar-refractivity contribution < 1.29 is 19.1 Å². The van der Waals surface area contributed by atoms with E-state index in [1.807, 2.05) is 6.92 Å². The van der Waals surface area contributed by atoms with Crippen LogP contribution in [-0.2, 0) is 4.74 Å². The fraction of sp³-hybridized carbons (Fsp3) is 0.211. The normalized spacial score (nSPS) is 12.6. The van der Waals surface area contributed by atoms with Crippen LogP contribution < -0.4 is 0 Å². The molecule has 0 heterocycles. The Balaban J connectivity index is 2.04. The van der Waals surface area contributed by atoms with E-state index in [1.165, 1.54) is 12.1 Å². The first kappa shape index (κ1) is 16.4. The summed E-state index contributed by atoms with van der Waals surface area (Å²) in [6, 6.07) is 9.49. The van der Waals surface area contributed by atoms with Crippen molar-refractivity contribution in [2.24, 2.45) is 0 Å². The highest BCUT2D eigenvalue weighted by molar-refractivity contribution is 6.41. The molecule has 0 saturated heterocycles. The number of fused-ring (bicyclic) bond motifs is 2. The first-order chi connectivity index (χ1) is 11.6. The third kappa shape index (κ3) is 2.63. The van der Waals surface area contributed by atoms with E-state index < -0.39 is 5.97 Å². The minimum atomic E-state index is -0.588. The molecule has 0 fully saturated rings. The number of esters is 1. The smallest absolute Gasteiger partial charge is 0.339 e. The summed E-state index contributed by atoms with van der Waals surface area (Å²) in [5, 5.41) is -0.0261. The van der Waals surface area contributed by atoms with Crippen LogP contribution in [0.4, 0.5) is 0 Å². The van der Waals surface area contributed by atoms with Crippen molar-refractivity contribution in [2.45, 2.75) is 19.8 Å². The monoisotopic (exact) mass is 342 g/mol. The molecule has 1 aliphatic rings. The van der Waals surface area contributed by atoms with E-state index >= 15 is 0 Å². The van der Waals surface area contributed by atoms with E-state index in [0.29, 0.717) is 17.7 Å². The molecule has 5 heteroatoms. The summed E-state index contributed by atoms with van der Waals surface area (Å²) in [5.41, 5.74) is 1.05. The van der Waals surface area contributed by atoms with Crippen molar-refractivity contribution in [1.82, 2.24) is 0 Å². The summed E-state index contributed by atoms with van der Waals surface area (Å²) < 4.78 is 5.15. The van der Waals surface area contributed by atoms with Crippen LogP contribution in [0.15, 0.2) is 36.4 Å². The number of benzene rings is 2. The molecule has 2 aromatic rings. The Morgan fingerprint density at radius 1 is 1.00 bits per heavy atom. The van der Waals surface area contributed by atoms with E-state index in [9.17, 15) is 14.4 Å². The molecule has 0 radical (unpaired) electrons.